The summed E-state index contributed by atoms with van der Waals surface area (Å²) in [5.41, 5.74) is 1.08. The Morgan fingerprint density at radius 2 is 1.70 bits per heavy atom. The summed E-state index contributed by atoms with van der Waals surface area (Å²) >= 11 is 5.89. The van der Waals surface area contributed by atoms with Crippen LogP contribution < -0.4 is 30.7 Å². The number of halogens is 1. The Bertz CT molecular complexity index is 1440. The minimum Gasteiger partial charge on any atom is -0.492 e. The molecule has 12 heteroatoms. The van der Waals surface area contributed by atoms with Gasteiger partial charge in [-0.05, 0) is 55.3 Å². The van der Waals surface area contributed by atoms with Crippen LogP contribution in [-0.2, 0) is 20.8 Å². The molecule has 0 aromatic heterocycles. The van der Waals surface area contributed by atoms with E-state index in [0.29, 0.717) is 17.2 Å². The summed E-state index contributed by atoms with van der Waals surface area (Å²) < 4.78 is 11.6. The standard InChI is InChI=1S/C32H35ClN4O7/c1-20(38)29-32(42)35-23(17-21-7-3-2-4-8-21)19-44-27-10-6-5-9-25(27)30(40)36-26(18-28(39)37-29)31(41)34-15-16-43-24-13-11-22(33)12-14-24/h2-14,20,23,26,29,38H,15-19H2,1H3,(H,34,41)(H,35,42)(H,36,40)(H,37,39)/t20-,23-,26+,29+/m1/s1. The lowest BCUT2D eigenvalue weighted by Crippen LogP contribution is -2.57. The molecular formula is C32H35ClN4O7. The van der Waals surface area contributed by atoms with Crippen LogP contribution in [0.1, 0.15) is 29.3 Å². The first-order valence-corrected chi connectivity index (χ1v) is 14.6. The van der Waals surface area contributed by atoms with Crippen LogP contribution in [0.5, 0.6) is 11.5 Å². The third-order valence-corrected chi connectivity index (χ3v) is 7.07. The summed E-state index contributed by atoms with van der Waals surface area (Å²) in [5.74, 6) is -1.81. The first-order valence-electron chi connectivity index (χ1n) is 14.2. The van der Waals surface area contributed by atoms with Gasteiger partial charge in [-0.25, -0.2) is 0 Å². The van der Waals surface area contributed by atoms with Crippen LogP contribution in [0, 0.1) is 0 Å². The van der Waals surface area contributed by atoms with Crippen LogP contribution in [0.15, 0.2) is 78.9 Å². The van der Waals surface area contributed by atoms with Gasteiger partial charge in [-0.15, -0.1) is 0 Å². The Morgan fingerprint density at radius 1 is 1.00 bits per heavy atom. The van der Waals surface area contributed by atoms with Gasteiger partial charge in [-0.2, -0.15) is 0 Å². The number of hydrogen-bond acceptors (Lipinski definition) is 7. The maximum atomic E-state index is 13.4. The topological polar surface area (TPSA) is 155 Å². The number of ether oxygens (including phenoxy) is 2. The lowest BCUT2D eigenvalue weighted by atomic mass is 10.0. The average Bonchev–Trinajstić information content (AvgIpc) is 3.01. The summed E-state index contributed by atoms with van der Waals surface area (Å²) in [5, 5.41) is 21.6. The highest BCUT2D eigenvalue weighted by Crippen LogP contribution is 2.20. The van der Waals surface area contributed by atoms with Crippen molar-refractivity contribution in [2.45, 2.75) is 44.0 Å². The molecule has 0 spiro atoms. The molecule has 44 heavy (non-hydrogen) atoms. The molecule has 1 heterocycles. The molecule has 3 aromatic rings. The Morgan fingerprint density at radius 3 is 2.43 bits per heavy atom. The Balaban J connectivity index is 1.52. The molecule has 4 amide bonds. The number of rotatable bonds is 8. The van der Waals surface area contributed by atoms with E-state index < -0.39 is 54.3 Å². The zero-order valence-corrected chi connectivity index (χ0v) is 24.9. The fourth-order valence-corrected chi connectivity index (χ4v) is 4.70. The Hall–Kier alpha value is -4.61. The molecule has 0 fully saturated rings. The van der Waals surface area contributed by atoms with E-state index >= 15 is 0 Å². The van der Waals surface area contributed by atoms with Gasteiger partial charge in [0, 0.05) is 5.02 Å². The third kappa shape index (κ3) is 9.45. The van der Waals surface area contributed by atoms with Crippen molar-refractivity contribution in [2.24, 2.45) is 0 Å². The smallest absolute Gasteiger partial charge is 0.255 e. The van der Waals surface area contributed by atoms with Gasteiger partial charge >= 0.3 is 0 Å². The van der Waals surface area contributed by atoms with Crippen LogP contribution in [0.25, 0.3) is 0 Å². The van der Waals surface area contributed by atoms with E-state index in [9.17, 15) is 24.3 Å². The van der Waals surface area contributed by atoms with Crippen molar-refractivity contribution in [3.63, 3.8) is 0 Å². The molecule has 3 aromatic carbocycles. The highest BCUT2D eigenvalue weighted by Gasteiger charge is 2.31. The summed E-state index contributed by atoms with van der Waals surface area (Å²) in [6, 6.07) is 19.5. The number of hydrogen-bond donors (Lipinski definition) is 5. The molecule has 1 aliphatic rings. The average molecular weight is 623 g/mol. The molecule has 0 aliphatic carbocycles. The molecule has 0 saturated heterocycles. The predicted octanol–water partition coefficient (Wildman–Crippen LogP) is 2.01. The zero-order chi connectivity index (χ0) is 31.5. The van der Waals surface area contributed by atoms with Crippen molar-refractivity contribution in [3.8, 4) is 11.5 Å². The molecule has 232 valence electrons. The van der Waals surface area contributed by atoms with E-state index in [0.717, 1.165) is 5.56 Å². The van der Waals surface area contributed by atoms with Gasteiger partial charge in [-0.3, -0.25) is 19.2 Å². The summed E-state index contributed by atoms with van der Waals surface area (Å²) in [6.45, 7) is 1.56. The minimum absolute atomic E-state index is 0.0110. The third-order valence-electron chi connectivity index (χ3n) is 6.82. The van der Waals surface area contributed by atoms with Crippen LogP contribution in [0.3, 0.4) is 0 Å². The summed E-state index contributed by atoms with van der Waals surface area (Å²) in [4.78, 5) is 52.9. The van der Waals surface area contributed by atoms with Gasteiger partial charge < -0.3 is 35.8 Å². The molecule has 0 unspecified atom stereocenters. The number of nitrogens with one attached hydrogen (secondary N) is 4. The van der Waals surface area contributed by atoms with E-state index in [-0.39, 0.29) is 31.1 Å². The van der Waals surface area contributed by atoms with Gasteiger partial charge in [0.25, 0.3) is 5.91 Å². The van der Waals surface area contributed by atoms with Gasteiger partial charge in [0.2, 0.25) is 17.7 Å². The first-order chi connectivity index (χ1) is 21.2. The molecule has 1 aliphatic heterocycles. The van der Waals surface area contributed by atoms with Crippen LogP contribution in [-0.4, -0.2) is 72.7 Å². The molecule has 11 nitrogen and oxygen atoms in total. The maximum absolute atomic E-state index is 13.4. The lowest BCUT2D eigenvalue weighted by Gasteiger charge is -2.27. The van der Waals surface area contributed by atoms with Crippen molar-refractivity contribution in [1.29, 1.82) is 0 Å². The molecule has 0 radical (unpaired) electrons. The largest absolute Gasteiger partial charge is 0.492 e. The van der Waals surface area contributed by atoms with E-state index in [2.05, 4.69) is 21.3 Å². The van der Waals surface area contributed by atoms with Crippen molar-refractivity contribution in [3.05, 3.63) is 95.0 Å². The second-order valence-corrected chi connectivity index (χ2v) is 10.7. The monoisotopic (exact) mass is 622 g/mol. The van der Waals surface area contributed by atoms with Gasteiger partial charge in [-0.1, -0.05) is 54.1 Å². The fourth-order valence-electron chi connectivity index (χ4n) is 4.58. The SMILES string of the molecule is C[C@@H](O)[C@@H]1NC(=O)C[C@@H](C(=O)NCCOc2ccc(Cl)cc2)NC(=O)c2ccccc2OC[C@@H](Cc2ccccc2)NC1=O. The number of amides is 4. The quantitative estimate of drug-likeness (QED) is 0.241. The van der Waals surface area contributed by atoms with Gasteiger partial charge in [0.1, 0.15) is 36.8 Å². The predicted molar refractivity (Wildman–Crippen MR) is 163 cm³/mol. The van der Waals surface area contributed by atoms with E-state index in [1.807, 2.05) is 30.3 Å². The van der Waals surface area contributed by atoms with Crippen LogP contribution >= 0.6 is 11.6 Å². The van der Waals surface area contributed by atoms with Gasteiger partial charge in [0.15, 0.2) is 0 Å². The van der Waals surface area contributed by atoms with Crippen LogP contribution in [0.2, 0.25) is 5.02 Å². The van der Waals surface area contributed by atoms with Crippen molar-refractivity contribution in [1.82, 2.24) is 21.3 Å². The van der Waals surface area contributed by atoms with E-state index in [1.54, 1.807) is 48.5 Å². The Kier molecular flexibility index (Phi) is 11.6. The van der Waals surface area contributed by atoms with E-state index in [4.69, 9.17) is 21.1 Å². The van der Waals surface area contributed by atoms with Crippen molar-refractivity contribution in [2.75, 3.05) is 19.8 Å². The highest BCUT2D eigenvalue weighted by molar-refractivity contribution is 6.30. The number of para-hydroxylation sites is 1. The summed E-state index contributed by atoms with van der Waals surface area (Å²) in [7, 11) is 0. The molecule has 4 rings (SSSR count). The second kappa shape index (κ2) is 15.7. The number of carbonyl (C=O) groups is 4. The highest BCUT2D eigenvalue weighted by atomic mass is 35.5. The number of aliphatic hydroxyl groups excluding tert-OH is 1. The Labute approximate surface area is 260 Å². The number of carbonyl (C=O) groups excluding carboxylic acids is 4. The molecular weight excluding hydrogens is 588 g/mol. The number of aliphatic hydroxyl groups is 1. The first kappa shape index (κ1) is 32.3. The molecule has 5 N–H and O–H groups in total. The molecule has 0 bridgehead atoms. The minimum atomic E-state index is -1.32. The molecule has 0 saturated carbocycles. The lowest BCUT2D eigenvalue weighted by molar-refractivity contribution is -0.133. The van der Waals surface area contributed by atoms with Crippen LogP contribution in [0.4, 0.5) is 0 Å². The molecule has 4 atom stereocenters. The zero-order valence-electron chi connectivity index (χ0n) is 24.1. The normalized spacial score (nSPS) is 20.0. The van der Waals surface area contributed by atoms with E-state index in [1.165, 1.54) is 6.92 Å². The number of fused-ring (bicyclic) bond motifs is 1. The second-order valence-electron chi connectivity index (χ2n) is 10.3. The number of benzene rings is 3. The van der Waals surface area contributed by atoms with Crippen molar-refractivity contribution < 1.29 is 33.8 Å². The maximum Gasteiger partial charge on any atom is 0.255 e. The van der Waals surface area contributed by atoms with Gasteiger partial charge in [0.05, 0.1) is 30.7 Å². The summed E-state index contributed by atoms with van der Waals surface area (Å²) in [6.07, 6.45) is -1.36. The fraction of sp³-hybridized carbons (Fsp3) is 0.312. The van der Waals surface area contributed by atoms with Crippen molar-refractivity contribution >= 4 is 35.2 Å².